The summed E-state index contributed by atoms with van der Waals surface area (Å²) in [4.78, 5) is 0. The second kappa shape index (κ2) is 6.93. The molecule has 1 nitrogen and oxygen atoms in total. The first kappa shape index (κ1) is 15.5. The molecule has 1 atom stereocenters. The lowest BCUT2D eigenvalue weighted by atomic mass is 9.95. The molecule has 0 heterocycles. The van der Waals surface area contributed by atoms with Crippen LogP contribution in [0.1, 0.15) is 57.2 Å². The zero-order valence-corrected chi connectivity index (χ0v) is 11.6. The number of hydrogen-bond donors (Lipinski definition) is 1. The van der Waals surface area contributed by atoms with Gasteiger partial charge in [-0.2, -0.15) is 0 Å². The molecule has 0 unspecified atom stereocenters. The summed E-state index contributed by atoms with van der Waals surface area (Å²) in [5.74, 6) is 1.25. The van der Waals surface area contributed by atoms with Gasteiger partial charge in [0, 0.05) is 6.04 Å². The fraction of sp³-hybridized carbons (Fsp3) is 0.571. The molecule has 2 N–H and O–H groups in total. The van der Waals surface area contributed by atoms with Crippen LogP contribution in [0.4, 0.5) is 0 Å². The van der Waals surface area contributed by atoms with Crippen molar-refractivity contribution in [2.45, 2.75) is 46.1 Å². The predicted octanol–water partition coefficient (Wildman–Crippen LogP) is 4.28. The maximum absolute atomic E-state index is 6.12. The van der Waals surface area contributed by atoms with Crippen molar-refractivity contribution >= 4 is 12.4 Å². The average Bonchev–Trinajstić information content (AvgIpc) is 2.17. The Kier molecular flexibility index (Phi) is 6.70. The molecule has 0 aliphatic carbocycles. The highest BCUT2D eigenvalue weighted by Gasteiger charge is 2.08. The molecule has 0 saturated carbocycles. The lowest BCUT2D eigenvalue weighted by Crippen LogP contribution is -2.12. The van der Waals surface area contributed by atoms with Crippen molar-refractivity contribution in [3.8, 4) is 0 Å². The van der Waals surface area contributed by atoms with E-state index in [1.807, 2.05) is 0 Å². The Labute approximate surface area is 106 Å². The number of hydrogen-bond acceptors (Lipinski definition) is 1. The van der Waals surface area contributed by atoms with Gasteiger partial charge < -0.3 is 5.73 Å². The van der Waals surface area contributed by atoms with E-state index in [9.17, 15) is 0 Å². The second-order valence-electron chi connectivity index (χ2n) is 5.06. The van der Waals surface area contributed by atoms with E-state index in [1.54, 1.807) is 0 Å². The van der Waals surface area contributed by atoms with Gasteiger partial charge in [-0.25, -0.2) is 0 Å². The third-order valence-electron chi connectivity index (χ3n) is 2.76. The summed E-state index contributed by atoms with van der Waals surface area (Å²) in [5, 5.41) is 0. The van der Waals surface area contributed by atoms with Gasteiger partial charge >= 0.3 is 0 Å². The molecule has 1 aromatic rings. The largest absolute Gasteiger partial charge is 0.324 e. The van der Waals surface area contributed by atoms with Gasteiger partial charge in [-0.3, -0.25) is 0 Å². The van der Waals surface area contributed by atoms with Gasteiger partial charge in [-0.1, -0.05) is 52.0 Å². The minimum Gasteiger partial charge on any atom is -0.324 e. The lowest BCUT2D eigenvalue weighted by Gasteiger charge is -2.15. The summed E-state index contributed by atoms with van der Waals surface area (Å²) in [6, 6.07) is 8.91. The highest BCUT2D eigenvalue weighted by atomic mass is 35.5. The zero-order chi connectivity index (χ0) is 11.4. The Morgan fingerprint density at radius 1 is 0.938 bits per heavy atom. The Hall–Kier alpha value is -0.530. The number of nitrogens with two attached hydrogens (primary N) is 1. The van der Waals surface area contributed by atoms with E-state index in [2.05, 4.69) is 52.0 Å². The molecule has 0 fully saturated rings. The molecular formula is C14H24ClN. The summed E-state index contributed by atoms with van der Waals surface area (Å²) < 4.78 is 0. The molecular weight excluding hydrogens is 218 g/mol. The van der Waals surface area contributed by atoms with Crippen molar-refractivity contribution in [1.29, 1.82) is 0 Å². The van der Waals surface area contributed by atoms with E-state index in [1.165, 1.54) is 11.1 Å². The summed E-state index contributed by atoms with van der Waals surface area (Å²) in [6.07, 6.45) is 1.06. The highest BCUT2D eigenvalue weighted by molar-refractivity contribution is 5.85. The molecule has 0 aliphatic rings. The van der Waals surface area contributed by atoms with Gasteiger partial charge in [0.05, 0.1) is 0 Å². The molecule has 16 heavy (non-hydrogen) atoms. The van der Waals surface area contributed by atoms with Crippen molar-refractivity contribution < 1.29 is 0 Å². The number of halogens is 1. The molecule has 1 aromatic carbocycles. The molecule has 0 bridgehead atoms. The molecule has 92 valence electrons. The van der Waals surface area contributed by atoms with Crippen molar-refractivity contribution in [3.63, 3.8) is 0 Å². The van der Waals surface area contributed by atoms with Crippen LogP contribution in [0.15, 0.2) is 24.3 Å². The average molecular weight is 242 g/mol. The van der Waals surface area contributed by atoms with E-state index >= 15 is 0 Å². The van der Waals surface area contributed by atoms with Crippen molar-refractivity contribution in [2.75, 3.05) is 0 Å². The van der Waals surface area contributed by atoms with Crippen LogP contribution < -0.4 is 5.73 Å². The topological polar surface area (TPSA) is 26.0 Å². The van der Waals surface area contributed by atoms with Crippen LogP contribution in [-0.4, -0.2) is 0 Å². The molecule has 0 amide bonds. The normalized spacial score (nSPS) is 12.7. The molecule has 0 aliphatic heterocycles. The minimum absolute atomic E-state index is 0. The van der Waals surface area contributed by atoms with E-state index in [-0.39, 0.29) is 18.4 Å². The van der Waals surface area contributed by atoms with Gasteiger partial charge in [0.2, 0.25) is 0 Å². The maximum Gasteiger partial charge on any atom is 0.0297 e. The predicted molar refractivity (Wildman–Crippen MR) is 74.2 cm³/mol. The van der Waals surface area contributed by atoms with Gasteiger partial charge in [0.25, 0.3) is 0 Å². The molecule has 0 spiro atoms. The van der Waals surface area contributed by atoms with E-state index in [0.29, 0.717) is 11.8 Å². The molecule has 0 radical (unpaired) electrons. The fourth-order valence-corrected chi connectivity index (χ4v) is 1.77. The first-order valence-corrected chi connectivity index (χ1v) is 5.86. The molecule has 2 heteroatoms. The van der Waals surface area contributed by atoms with Gasteiger partial charge in [0.1, 0.15) is 0 Å². The smallest absolute Gasteiger partial charge is 0.0297 e. The van der Waals surface area contributed by atoms with Gasteiger partial charge in [0.15, 0.2) is 0 Å². The van der Waals surface area contributed by atoms with Crippen LogP contribution >= 0.6 is 12.4 Å². The zero-order valence-electron chi connectivity index (χ0n) is 10.7. The summed E-state index contributed by atoms with van der Waals surface area (Å²) in [5.41, 5.74) is 8.76. The first-order chi connectivity index (χ1) is 7.00. The van der Waals surface area contributed by atoms with Crippen LogP contribution in [0.2, 0.25) is 0 Å². The van der Waals surface area contributed by atoms with Crippen molar-refractivity contribution in [2.24, 2.45) is 11.7 Å². The number of rotatable bonds is 4. The van der Waals surface area contributed by atoms with Crippen molar-refractivity contribution in [1.82, 2.24) is 0 Å². The molecule has 0 aromatic heterocycles. The Balaban J connectivity index is 0.00000225. The van der Waals surface area contributed by atoms with Gasteiger partial charge in [-0.15, -0.1) is 12.4 Å². The van der Waals surface area contributed by atoms with E-state index in [0.717, 1.165) is 6.42 Å². The summed E-state index contributed by atoms with van der Waals surface area (Å²) >= 11 is 0. The SMILES string of the molecule is CC(C)C[C@@H](N)c1ccc(C(C)C)cc1.Cl. The number of benzene rings is 1. The maximum atomic E-state index is 6.12. The third-order valence-corrected chi connectivity index (χ3v) is 2.76. The van der Waals surface area contributed by atoms with Crippen LogP contribution in [0, 0.1) is 5.92 Å². The summed E-state index contributed by atoms with van der Waals surface area (Å²) in [7, 11) is 0. The third kappa shape index (κ3) is 4.54. The van der Waals surface area contributed by atoms with Gasteiger partial charge in [-0.05, 0) is 29.4 Å². The Bertz CT molecular complexity index is 290. The monoisotopic (exact) mass is 241 g/mol. The van der Waals surface area contributed by atoms with Crippen LogP contribution in [0.3, 0.4) is 0 Å². The van der Waals surface area contributed by atoms with Crippen LogP contribution in [0.5, 0.6) is 0 Å². The molecule has 1 rings (SSSR count). The minimum atomic E-state index is 0. The first-order valence-electron chi connectivity index (χ1n) is 5.86. The Morgan fingerprint density at radius 3 is 1.75 bits per heavy atom. The van der Waals surface area contributed by atoms with Crippen molar-refractivity contribution in [3.05, 3.63) is 35.4 Å². The highest BCUT2D eigenvalue weighted by Crippen LogP contribution is 2.21. The van der Waals surface area contributed by atoms with E-state index in [4.69, 9.17) is 5.73 Å². The lowest BCUT2D eigenvalue weighted by molar-refractivity contribution is 0.510. The fourth-order valence-electron chi connectivity index (χ4n) is 1.77. The van der Waals surface area contributed by atoms with E-state index < -0.39 is 0 Å². The van der Waals surface area contributed by atoms with Crippen LogP contribution in [-0.2, 0) is 0 Å². The summed E-state index contributed by atoms with van der Waals surface area (Å²) in [6.45, 7) is 8.84. The molecule has 0 saturated heterocycles. The second-order valence-corrected chi connectivity index (χ2v) is 5.06. The quantitative estimate of drug-likeness (QED) is 0.837. The standard InChI is InChI=1S/C14H23N.ClH/c1-10(2)9-14(15)13-7-5-12(6-8-13)11(3)4;/h5-8,10-11,14H,9,15H2,1-4H3;1H/t14-;/m1./s1. The van der Waals surface area contributed by atoms with Crippen LogP contribution in [0.25, 0.3) is 0 Å². The Morgan fingerprint density at radius 2 is 1.38 bits per heavy atom.